The van der Waals surface area contributed by atoms with Crippen molar-refractivity contribution < 1.29 is 5.21 Å². The van der Waals surface area contributed by atoms with Crippen LogP contribution in [0.2, 0.25) is 0 Å². The molecule has 0 aromatic carbocycles. The highest BCUT2D eigenvalue weighted by molar-refractivity contribution is 6.00. The molecule has 2 rings (SSSR count). The Kier molecular flexibility index (Phi) is 3.52. The summed E-state index contributed by atoms with van der Waals surface area (Å²) in [5.74, 6) is 0.745. The lowest BCUT2D eigenvalue weighted by atomic mass is 10.1. The van der Waals surface area contributed by atoms with E-state index in [9.17, 15) is 0 Å². The average molecular weight is 276 g/mol. The maximum atomic E-state index is 8.96. The molecule has 0 aliphatic carbocycles. The predicted molar refractivity (Wildman–Crippen MR) is 76.4 cm³/mol. The molecule has 2 heterocycles. The molecule has 2 aromatic rings. The number of nitrogens with zero attached hydrogens (tertiary/aromatic N) is 5. The van der Waals surface area contributed by atoms with Gasteiger partial charge in [-0.1, -0.05) is 12.1 Å². The van der Waals surface area contributed by atoms with Crippen LogP contribution < -0.4 is 5.73 Å². The van der Waals surface area contributed by atoms with Crippen LogP contribution in [-0.4, -0.2) is 30.6 Å². The van der Waals surface area contributed by atoms with Gasteiger partial charge in [0, 0.05) is 12.7 Å². The number of hydrogen-bond acceptors (Lipinski definition) is 4. The van der Waals surface area contributed by atoms with Gasteiger partial charge in [-0.2, -0.15) is 10.2 Å². The molecule has 0 aliphatic rings. The summed E-state index contributed by atoms with van der Waals surface area (Å²) in [6, 6.07) is 0. The van der Waals surface area contributed by atoms with Gasteiger partial charge in [0.1, 0.15) is 0 Å². The molecular formula is C13H20N6O. The van der Waals surface area contributed by atoms with Gasteiger partial charge in [-0.25, -0.2) is 4.68 Å². The second-order valence-corrected chi connectivity index (χ2v) is 4.81. The first-order chi connectivity index (χ1) is 9.42. The van der Waals surface area contributed by atoms with Gasteiger partial charge in [0.15, 0.2) is 11.7 Å². The second kappa shape index (κ2) is 4.99. The van der Waals surface area contributed by atoms with E-state index in [1.54, 1.807) is 4.68 Å². The zero-order valence-corrected chi connectivity index (χ0v) is 12.5. The second-order valence-electron chi connectivity index (χ2n) is 4.81. The standard InChI is InChI=1S/C13H20N6O/c1-6-10-7(2)16-19(9(10)4)13-11(12(14)17-20)8(3)15-18(13)5/h20H,6H2,1-5H3,(H2,14,17). The quantitative estimate of drug-likeness (QED) is 0.381. The lowest BCUT2D eigenvalue weighted by Crippen LogP contribution is -2.18. The summed E-state index contributed by atoms with van der Waals surface area (Å²) in [5.41, 5.74) is 10.3. The summed E-state index contributed by atoms with van der Waals surface area (Å²) in [5, 5.41) is 21.0. The highest BCUT2D eigenvalue weighted by Gasteiger charge is 2.22. The Morgan fingerprint density at radius 3 is 2.40 bits per heavy atom. The number of aromatic nitrogens is 4. The largest absolute Gasteiger partial charge is 0.409 e. The van der Waals surface area contributed by atoms with Gasteiger partial charge in [0.25, 0.3) is 0 Å². The van der Waals surface area contributed by atoms with Crippen molar-refractivity contribution in [3.63, 3.8) is 0 Å². The maximum absolute atomic E-state index is 8.96. The van der Waals surface area contributed by atoms with Crippen molar-refractivity contribution in [3.8, 4) is 5.82 Å². The number of nitrogens with two attached hydrogens (primary N) is 1. The summed E-state index contributed by atoms with van der Waals surface area (Å²) in [7, 11) is 1.82. The van der Waals surface area contributed by atoms with Crippen LogP contribution in [0.25, 0.3) is 5.82 Å². The van der Waals surface area contributed by atoms with E-state index >= 15 is 0 Å². The number of oxime groups is 1. The van der Waals surface area contributed by atoms with Crippen LogP contribution in [0.4, 0.5) is 0 Å². The molecule has 0 atom stereocenters. The van der Waals surface area contributed by atoms with Crippen molar-refractivity contribution in [2.75, 3.05) is 0 Å². The first-order valence-electron chi connectivity index (χ1n) is 6.49. The fourth-order valence-corrected chi connectivity index (χ4v) is 2.63. The Hall–Kier alpha value is -2.31. The third-order valence-corrected chi connectivity index (χ3v) is 3.55. The molecule has 20 heavy (non-hydrogen) atoms. The first-order valence-corrected chi connectivity index (χ1v) is 6.49. The van der Waals surface area contributed by atoms with Crippen LogP contribution in [0, 0.1) is 20.8 Å². The third kappa shape index (κ3) is 1.95. The molecule has 0 radical (unpaired) electrons. The number of amidine groups is 1. The molecule has 2 aromatic heterocycles. The molecule has 7 nitrogen and oxygen atoms in total. The van der Waals surface area contributed by atoms with Gasteiger partial charge < -0.3 is 10.9 Å². The van der Waals surface area contributed by atoms with E-state index in [0.29, 0.717) is 17.1 Å². The molecule has 7 heteroatoms. The summed E-state index contributed by atoms with van der Waals surface area (Å²) in [4.78, 5) is 0. The lowest BCUT2D eigenvalue weighted by Gasteiger charge is -2.08. The Bertz CT molecular complexity index is 680. The molecule has 0 unspecified atom stereocenters. The zero-order valence-electron chi connectivity index (χ0n) is 12.5. The molecule has 0 saturated heterocycles. The van der Waals surface area contributed by atoms with Gasteiger partial charge >= 0.3 is 0 Å². The van der Waals surface area contributed by atoms with E-state index in [2.05, 4.69) is 22.3 Å². The molecule has 3 N–H and O–H groups in total. The summed E-state index contributed by atoms with van der Waals surface area (Å²) >= 11 is 0. The van der Waals surface area contributed by atoms with E-state index in [1.807, 2.05) is 32.5 Å². The Morgan fingerprint density at radius 2 is 1.90 bits per heavy atom. The zero-order chi connectivity index (χ0) is 15.0. The van der Waals surface area contributed by atoms with E-state index < -0.39 is 0 Å². The van der Waals surface area contributed by atoms with Crippen molar-refractivity contribution in [2.24, 2.45) is 17.9 Å². The smallest absolute Gasteiger partial charge is 0.175 e. The van der Waals surface area contributed by atoms with Gasteiger partial charge in [0.05, 0.1) is 17.0 Å². The van der Waals surface area contributed by atoms with Crippen molar-refractivity contribution in [3.05, 3.63) is 28.2 Å². The molecule has 0 bridgehead atoms. The van der Waals surface area contributed by atoms with Crippen LogP contribution in [-0.2, 0) is 13.5 Å². The SMILES string of the molecule is CCc1c(C)nn(-c2c(C(N)=NO)c(C)nn2C)c1C. The molecule has 0 spiro atoms. The summed E-state index contributed by atoms with van der Waals surface area (Å²) in [6.45, 7) is 7.91. The summed E-state index contributed by atoms with van der Waals surface area (Å²) in [6.07, 6.45) is 0.910. The Morgan fingerprint density at radius 1 is 1.25 bits per heavy atom. The van der Waals surface area contributed by atoms with Crippen LogP contribution in [0.5, 0.6) is 0 Å². The van der Waals surface area contributed by atoms with E-state index in [-0.39, 0.29) is 5.84 Å². The monoisotopic (exact) mass is 276 g/mol. The molecule has 0 fully saturated rings. The van der Waals surface area contributed by atoms with Gasteiger partial charge in [-0.3, -0.25) is 4.68 Å². The normalized spacial score (nSPS) is 12.2. The summed E-state index contributed by atoms with van der Waals surface area (Å²) < 4.78 is 3.50. The van der Waals surface area contributed by atoms with Crippen LogP contribution in [0.15, 0.2) is 5.16 Å². The fourth-order valence-electron chi connectivity index (χ4n) is 2.63. The predicted octanol–water partition coefficient (Wildman–Crippen LogP) is 1.19. The first kappa shape index (κ1) is 14.1. The lowest BCUT2D eigenvalue weighted by molar-refractivity contribution is 0.318. The van der Waals surface area contributed by atoms with Crippen molar-refractivity contribution in [2.45, 2.75) is 34.1 Å². The average Bonchev–Trinajstić information content (AvgIpc) is 2.84. The Balaban J connectivity index is 2.77. The molecular weight excluding hydrogens is 256 g/mol. The maximum Gasteiger partial charge on any atom is 0.175 e. The Labute approximate surface area is 117 Å². The third-order valence-electron chi connectivity index (χ3n) is 3.55. The van der Waals surface area contributed by atoms with Crippen LogP contribution >= 0.6 is 0 Å². The number of rotatable bonds is 3. The van der Waals surface area contributed by atoms with Crippen molar-refractivity contribution in [1.29, 1.82) is 0 Å². The van der Waals surface area contributed by atoms with Gasteiger partial charge in [0.2, 0.25) is 0 Å². The number of aryl methyl sites for hydroxylation is 3. The fraction of sp³-hybridized carbons (Fsp3) is 0.462. The van der Waals surface area contributed by atoms with Gasteiger partial charge in [-0.05, 0) is 32.8 Å². The highest BCUT2D eigenvalue weighted by Crippen LogP contribution is 2.22. The van der Waals surface area contributed by atoms with E-state index in [0.717, 1.165) is 17.8 Å². The minimum absolute atomic E-state index is 0.0381. The van der Waals surface area contributed by atoms with Crippen LogP contribution in [0.1, 0.15) is 35.1 Å². The molecule has 108 valence electrons. The molecule has 0 aliphatic heterocycles. The van der Waals surface area contributed by atoms with E-state index in [1.165, 1.54) is 5.56 Å². The minimum atomic E-state index is 0.0381. The minimum Gasteiger partial charge on any atom is -0.409 e. The molecule has 0 amide bonds. The highest BCUT2D eigenvalue weighted by atomic mass is 16.4. The van der Waals surface area contributed by atoms with Crippen LogP contribution in [0.3, 0.4) is 0 Å². The van der Waals surface area contributed by atoms with E-state index in [4.69, 9.17) is 10.9 Å². The number of hydrogen-bond donors (Lipinski definition) is 2. The van der Waals surface area contributed by atoms with Gasteiger partial charge in [-0.15, -0.1) is 0 Å². The van der Waals surface area contributed by atoms with Crippen molar-refractivity contribution >= 4 is 5.84 Å². The van der Waals surface area contributed by atoms with Crippen molar-refractivity contribution in [1.82, 2.24) is 19.6 Å². The topological polar surface area (TPSA) is 94.2 Å². The molecule has 0 saturated carbocycles.